The molecule has 2 nitrogen and oxygen atoms in total. The summed E-state index contributed by atoms with van der Waals surface area (Å²) < 4.78 is 0. The lowest BCUT2D eigenvalue weighted by molar-refractivity contribution is -0.137. The van der Waals surface area contributed by atoms with Crippen molar-refractivity contribution < 1.29 is 9.90 Å². The lowest BCUT2D eigenvalue weighted by atomic mass is 10.0. The Kier molecular flexibility index (Phi) is 12.1. The molecule has 0 rings (SSSR count). The van der Waals surface area contributed by atoms with E-state index in [2.05, 4.69) is 6.92 Å². The minimum absolute atomic E-state index is 0.0808. The Bertz CT molecular complexity index is 210. The van der Waals surface area contributed by atoms with Crippen molar-refractivity contribution in [1.29, 1.82) is 0 Å². The molecule has 0 amide bonds. The molecule has 0 saturated heterocycles. The number of hydrogen-bond donors (Lipinski definition) is 1. The van der Waals surface area contributed by atoms with E-state index in [0.29, 0.717) is 6.42 Å². The van der Waals surface area contributed by atoms with Crippen molar-refractivity contribution in [1.82, 2.24) is 0 Å². The lowest BCUT2D eigenvalue weighted by Gasteiger charge is -2.15. The average Bonchev–Trinajstić information content (AvgIpc) is 2.34. The summed E-state index contributed by atoms with van der Waals surface area (Å²) in [4.78, 5) is 10.3. The van der Waals surface area contributed by atoms with Gasteiger partial charge in [-0.25, -0.2) is 0 Å². The molecule has 4 heteroatoms. The Morgan fingerprint density at radius 3 is 2.00 bits per heavy atom. The fourth-order valence-corrected chi connectivity index (χ4v) is 2.47. The summed E-state index contributed by atoms with van der Waals surface area (Å²) >= 11 is 12.4. The number of hydrogen-bond acceptors (Lipinski definition) is 1. The van der Waals surface area contributed by atoms with Crippen LogP contribution in [0.15, 0.2) is 0 Å². The van der Waals surface area contributed by atoms with Crippen LogP contribution in [0.3, 0.4) is 0 Å². The molecule has 0 saturated carbocycles. The standard InChI is InChI=1S/C14H26Cl2O2/c1-2-3-9-12(15)13(16)10-7-5-4-6-8-11-14(17)18/h12-13H,2-11H2,1H3,(H,17,18)/t12-,13+/m1/s1. The molecule has 0 aromatic carbocycles. The molecule has 108 valence electrons. The molecule has 0 aromatic heterocycles. The number of alkyl halides is 2. The van der Waals surface area contributed by atoms with E-state index < -0.39 is 5.97 Å². The first kappa shape index (κ1) is 18.0. The number of carboxylic acids is 1. The lowest BCUT2D eigenvalue weighted by Crippen LogP contribution is -2.14. The molecule has 1 N–H and O–H groups in total. The average molecular weight is 297 g/mol. The molecular weight excluding hydrogens is 271 g/mol. The zero-order chi connectivity index (χ0) is 13.8. The molecule has 18 heavy (non-hydrogen) atoms. The number of carboxylic acid groups (broad SMARTS) is 1. The molecule has 0 heterocycles. The summed E-state index contributed by atoms with van der Waals surface area (Å²) in [6.07, 6.45) is 9.67. The van der Waals surface area contributed by atoms with Crippen LogP contribution in [0, 0.1) is 0 Å². The largest absolute Gasteiger partial charge is 0.481 e. The number of halogens is 2. The highest BCUT2D eigenvalue weighted by molar-refractivity contribution is 6.29. The smallest absolute Gasteiger partial charge is 0.303 e. The summed E-state index contributed by atoms with van der Waals surface area (Å²) in [6.45, 7) is 2.16. The highest BCUT2D eigenvalue weighted by atomic mass is 35.5. The maximum absolute atomic E-state index is 10.3. The molecule has 0 spiro atoms. The van der Waals surface area contributed by atoms with E-state index in [1.165, 1.54) is 0 Å². The first-order chi connectivity index (χ1) is 8.57. The SMILES string of the molecule is CCCC[C@@H](Cl)[C@@H](Cl)CCCCCCCC(=O)O. The number of aliphatic carboxylic acids is 1. The van der Waals surface area contributed by atoms with Gasteiger partial charge < -0.3 is 5.11 Å². The molecule has 0 fully saturated rings. The second-order valence-electron chi connectivity index (χ2n) is 4.87. The molecule has 0 unspecified atom stereocenters. The van der Waals surface area contributed by atoms with Gasteiger partial charge in [0.15, 0.2) is 0 Å². The van der Waals surface area contributed by atoms with Crippen molar-refractivity contribution in [3.63, 3.8) is 0 Å². The summed E-state index contributed by atoms with van der Waals surface area (Å²) in [5, 5.41) is 8.67. The van der Waals surface area contributed by atoms with Crippen molar-refractivity contribution >= 4 is 29.2 Å². The van der Waals surface area contributed by atoms with Crippen LogP contribution in [-0.4, -0.2) is 21.8 Å². The fourth-order valence-electron chi connectivity index (χ4n) is 1.91. The highest BCUT2D eigenvalue weighted by Crippen LogP contribution is 2.22. The third kappa shape index (κ3) is 11.2. The van der Waals surface area contributed by atoms with E-state index in [1.54, 1.807) is 0 Å². The summed E-state index contributed by atoms with van der Waals surface area (Å²) in [5.41, 5.74) is 0. The van der Waals surface area contributed by atoms with Crippen molar-refractivity contribution in [2.75, 3.05) is 0 Å². The van der Waals surface area contributed by atoms with Crippen LogP contribution in [0.1, 0.15) is 71.1 Å². The first-order valence-corrected chi connectivity index (χ1v) is 7.95. The van der Waals surface area contributed by atoms with Crippen LogP contribution >= 0.6 is 23.2 Å². The second kappa shape index (κ2) is 12.1. The Labute approximate surface area is 121 Å². The number of carbonyl (C=O) groups is 1. The minimum atomic E-state index is -0.697. The molecule has 0 aromatic rings. The van der Waals surface area contributed by atoms with Gasteiger partial charge in [-0.2, -0.15) is 0 Å². The zero-order valence-corrected chi connectivity index (χ0v) is 12.8. The van der Waals surface area contributed by atoms with Crippen molar-refractivity contribution in [3.8, 4) is 0 Å². The molecule has 2 atom stereocenters. The maximum Gasteiger partial charge on any atom is 0.303 e. The van der Waals surface area contributed by atoms with E-state index in [9.17, 15) is 4.79 Å². The molecular formula is C14H26Cl2O2. The van der Waals surface area contributed by atoms with Crippen LogP contribution in [0.5, 0.6) is 0 Å². The van der Waals surface area contributed by atoms with Crippen LogP contribution in [0.2, 0.25) is 0 Å². The fraction of sp³-hybridized carbons (Fsp3) is 0.929. The number of unbranched alkanes of at least 4 members (excludes halogenated alkanes) is 5. The maximum atomic E-state index is 10.3. The van der Waals surface area contributed by atoms with Crippen LogP contribution in [-0.2, 0) is 4.79 Å². The minimum Gasteiger partial charge on any atom is -0.481 e. The Morgan fingerprint density at radius 1 is 0.944 bits per heavy atom. The topological polar surface area (TPSA) is 37.3 Å². The predicted octanol–water partition coefficient (Wildman–Crippen LogP) is 5.21. The van der Waals surface area contributed by atoms with Crippen molar-refractivity contribution in [2.45, 2.75) is 81.9 Å². The number of rotatable bonds is 12. The van der Waals surface area contributed by atoms with Gasteiger partial charge in [0.25, 0.3) is 0 Å². The van der Waals surface area contributed by atoms with Crippen LogP contribution in [0.25, 0.3) is 0 Å². The van der Waals surface area contributed by atoms with Gasteiger partial charge in [-0.05, 0) is 19.3 Å². The third-order valence-electron chi connectivity index (χ3n) is 3.10. The zero-order valence-electron chi connectivity index (χ0n) is 11.3. The van der Waals surface area contributed by atoms with Gasteiger partial charge in [0.1, 0.15) is 0 Å². The van der Waals surface area contributed by atoms with E-state index in [0.717, 1.165) is 57.8 Å². The van der Waals surface area contributed by atoms with Crippen LogP contribution in [0.4, 0.5) is 0 Å². The van der Waals surface area contributed by atoms with Gasteiger partial charge in [-0.15, -0.1) is 23.2 Å². The summed E-state index contributed by atoms with van der Waals surface area (Å²) in [6, 6.07) is 0. The monoisotopic (exact) mass is 296 g/mol. The summed E-state index contributed by atoms with van der Waals surface area (Å²) in [7, 11) is 0. The Balaban J connectivity index is 3.34. The quantitative estimate of drug-likeness (QED) is 0.397. The van der Waals surface area contributed by atoms with E-state index in [4.69, 9.17) is 28.3 Å². The normalized spacial score (nSPS) is 14.4. The van der Waals surface area contributed by atoms with E-state index >= 15 is 0 Å². The highest BCUT2D eigenvalue weighted by Gasteiger charge is 2.15. The molecule has 0 aliphatic heterocycles. The van der Waals surface area contributed by atoms with Crippen molar-refractivity contribution in [3.05, 3.63) is 0 Å². The Hall–Kier alpha value is 0.0500. The van der Waals surface area contributed by atoms with Crippen LogP contribution < -0.4 is 0 Å². The molecule has 0 aliphatic carbocycles. The second-order valence-corrected chi connectivity index (χ2v) is 6.00. The molecule has 0 radical (unpaired) electrons. The predicted molar refractivity (Wildman–Crippen MR) is 78.8 cm³/mol. The summed E-state index contributed by atoms with van der Waals surface area (Å²) in [5.74, 6) is -0.697. The van der Waals surface area contributed by atoms with Gasteiger partial charge in [0.2, 0.25) is 0 Å². The van der Waals surface area contributed by atoms with Gasteiger partial charge in [-0.1, -0.05) is 45.4 Å². The third-order valence-corrected chi connectivity index (χ3v) is 4.27. The van der Waals surface area contributed by atoms with Gasteiger partial charge in [-0.3, -0.25) is 4.79 Å². The van der Waals surface area contributed by atoms with E-state index in [-0.39, 0.29) is 10.8 Å². The van der Waals surface area contributed by atoms with E-state index in [1.807, 2.05) is 0 Å². The first-order valence-electron chi connectivity index (χ1n) is 7.07. The Morgan fingerprint density at radius 2 is 1.44 bits per heavy atom. The van der Waals surface area contributed by atoms with Crippen molar-refractivity contribution in [2.24, 2.45) is 0 Å². The van der Waals surface area contributed by atoms with Gasteiger partial charge in [0.05, 0.1) is 0 Å². The van der Waals surface area contributed by atoms with Gasteiger partial charge in [0, 0.05) is 17.2 Å². The molecule has 0 bridgehead atoms. The van der Waals surface area contributed by atoms with Gasteiger partial charge >= 0.3 is 5.97 Å². The molecule has 0 aliphatic rings.